The number of sulfone groups is 1. The first-order valence-corrected chi connectivity index (χ1v) is 8.91. The highest BCUT2D eigenvalue weighted by Crippen LogP contribution is 2.17. The highest BCUT2D eigenvalue weighted by molar-refractivity contribution is 7.90. The van der Waals surface area contributed by atoms with E-state index in [2.05, 4.69) is 10.3 Å². The lowest BCUT2D eigenvalue weighted by Crippen LogP contribution is -2.36. The molecule has 2 atom stereocenters. The Kier molecular flexibility index (Phi) is 4.95. The van der Waals surface area contributed by atoms with Crippen LogP contribution < -0.4 is 11.1 Å². The second-order valence-corrected chi connectivity index (χ2v) is 7.41. The quantitative estimate of drug-likeness (QED) is 0.828. The molecule has 2 rings (SSSR count). The van der Waals surface area contributed by atoms with Crippen molar-refractivity contribution in [3.05, 3.63) is 48.1 Å². The minimum Gasteiger partial charge on any atom is -0.297 e. The lowest BCUT2D eigenvalue weighted by molar-refractivity contribution is 0.573. The Morgan fingerprint density at radius 1 is 1.32 bits per heavy atom. The Bertz CT molecular complexity index is 731. The van der Waals surface area contributed by atoms with Crippen LogP contribution >= 0.6 is 0 Å². The zero-order valence-electron chi connectivity index (χ0n) is 12.9. The molecule has 6 heteroatoms. The summed E-state index contributed by atoms with van der Waals surface area (Å²) in [6.07, 6.45) is 6.70. The summed E-state index contributed by atoms with van der Waals surface area (Å²) < 4.78 is 22.9. The fourth-order valence-electron chi connectivity index (χ4n) is 2.19. The summed E-state index contributed by atoms with van der Waals surface area (Å²) in [7, 11) is -3.15. The highest BCUT2D eigenvalue weighted by Gasteiger charge is 2.17. The molecule has 1 heterocycles. The second-order valence-electron chi connectivity index (χ2n) is 5.39. The fourth-order valence-corrected chi connectivity index (χ4v) is 2.82. The maximum absolute atomic E-state index is 11.4. The van der Waals surface area contributed by atoms with Gasteiger partial charge < -0.3 is 0 Å². The van der Waals surface area contributed by atoms with Crippen molar-refractivity contribution in [1.29, 1.82) is 0 Å². The summed E-state index contributed by atoms with van der Waals surface area (Å²) in [5.74, 6) is 0. The third kappa shape index (κ3) is 4.13. The number of hydrogen-bond acceptors (Lipinski definition) is 5. The number of hydrogen-bond donors (Lipinski definition) is 2. The summed E-state index contributed by atoms with van der Waals surface area (Å²) in [5, 5.41) is 3.10. The van der Waals surface area contributed by atoms with Crippen LogP contribution in [0.1, 0.15) is 19.4 Å². The summed E-state index contributed by atoms with van der Waals surface area (Å²) in [5.41, 5.74) is 8.63. The molecule has 2 unspecified atom stereocenters. The Morgan fingerprint density at radius 3 is 2.45 bits per heavy atom. The van der Waals surface area contributed by atoms with E-state index in [1.165, 1.54) is 6.26 Å². The van der Waals surface area contributed by atoms with Crippen LogP contribution in [-0.2, 0) is 9.84 Å². The molecule has 22 heavy (non-hydrogen) atoms. The molecule has 1 aliphatic heterocycles. The smallest absolute Gasteiger partial charge is 0.175 e. The SMILES string of the molecule is C/C(=C\C=C/C1=NC(N)NC1C)c1ccc(S(C)(=O)=O)cc1. The first-order valence-electron chi connectivity index (χ1n) is 7.02. The van der Waals surface area contributed by atoms with E-state index < -0.39 is 9.84 Å². The molecule has 118 valence electrons. The van der Waals surface area contributed by atoms with E-state index in [-0.39, 0.29) is 12.3 Å². The average Bonchev–Trinajstić information content (AvgIpc) is 2.76. The van der Waals surface area contributed by atoms with E-state index in [1.54, 1.807) is 12.1 Å². The van der Waals surface area contributed by atoms with Gasteiger partial charge in [0.1, 0.15) is 0 Å². The van der Waals surface area contributed by atoms with E-state index in [0.717, 1.165) is 16.8 Å². The summed E-state index contributed by atoms with van der Waals surface area (Å²) >= 11 is 0. The van der Waals surface area contributed by atoms with Gasteiger partial charge in [-0.2, -0.15) is 0 Å². The number of benzene rings is 1. The third-order valence-corrected chi connectivity index (χ3v) is 4.63. The zero-order valence-corrected chi connectivity index (χ0v) is 13.8. The van der Waals surface area contributed by atoms with Gasteiger partial charge in [0.2, 0.25) is 0 Å². The molecule has 5 nitrogen and oxygen atoms in total. The van der Waals surface area contributed by atoms with Gasteiger partial charge in [-0.3, -0.25) is 16.0 Å². The van der Waals surface area contributed by atoms with Crippen molar-refractivity contribution in [3.8, 4) is 0 Å². The number of aliphatic imine (C=N–C) groups is 1. The van der Waals surface area contributed by atoms with Crippen LogP contribution in [0.15, 0.2) is 52.4 Å². The predicted molar refractivity (Wildman–Crippen MR) is 90.4 cm³/mol. The Morgan fingerprint density at radius 2 is 1.95 bits per heavy atom. The van der Waals surface area contributed by atoms with E-state index in [9.17, 15) is 8.42 Å². The van der Waals surface area contributed by atoms with Crippen molar-refractivity contribution < 1.29 is 8.42 Å². The minimum absolute atomic E-state index is 0.147. The van der Waals surface area contributed by atoms with Gasteiger partial charge in [-0.25, -0.2) is 8.42 Å². The van der Waals surface area contributed by atoms with Crippen LogP contribution in [0.5, 0.6) is 0 Å². The van der Waals surface area contributed by atoms with Crippen molar-refractivity contribution in [1.82, 2.24) is 5.32 Å². The van der Waals surface area contributed by atoms with Crippen LogP contribution in [0.2, 0.25) is 0 Å². The molecule has 0 aromatic heterocycles. The van der Waals surface area contributed by atoms with Crippen molar-refractivity contribution in [2.24, 2.45) is 10.7 Å². The molecule has 0 fully saturated rings. The number of rotatable bonds is 4. The second kappa shape index (κ2) is 6.56. The van der Waals surface area contributed by atoms with Crippen LogP contribution in [0.4, 0.5) is 0 Å². The maximum Gasteiger partial charge on any atom is 0.175 e. The first kappa shape index (κ1) is 16.6. The van der Waals surface area contributed by atoms with Gasteiger partial charge in [0.25, 0.3) is 0 Å². The van der Waals surface area contributed by atoms with Crippen LogP contribution in [-0.4, -0.2) is 32.7 Å². The molecule has 0 saturated carbocycles. The number of allylic oxidation sites excluding steroid dienone is 3. The van der Waals surface area contributed by atoms with Gasteiger partial charge in [-0.15, -0.1) is 0 Å². The van der Waals surface area contributed by atoms with Crippen molar-refractivity contribution in [2.45, 2.75) is 31.1 Å². The Labute approximate surface area is 131 Å². The summed E-state index contributed by atoms with van der Waals surface area (Å²) in [6, 6.07) is 7.01. The lowest BCUT2D eigenvalue weighted by Gasteiger charge is -2.04. The maximum atomic E-state index is 11.4. The predicted octanol–water partition coefficient (Wildman–Crippen LogP) is 1.72. The normalized spacial score (nSPS) is 23.1. The van der Waals surface area contributed by atoms with E-state index >= 15 is 0 Å². The molecule has 0 bridgehead atoms. The van der Waals surface area contributed by atoms with E-state index in [4.69, 9.17) is 5.73 Å². The largest absolute Gasteiger partial charge is 0.297 e. The van der Waals surface area contributed by atoms with Gasteiger partial charge in [-0.1, -0.05) is 24.3 Å². The summed E-state index contributed by atoms with van der Waals surface area (Å²) in [6.45, 7) is 3.99. The van der Waals surface area contributed by atoms with Gasteiger partial charge >= 0.3 is 0 Å². The molecule has 1 aromatic rings. The average molecular weight is 319 g/mol. The molecule has 1 aromatic carbocycles. The number of nitrogens with one attached hydrogen (secondary N) is 1. The molecule has 0 radical (unpaired) electrons. The lowest BCUT2D eigenvalue weighted by atomic mass is 10.1. The molecule has 3 N–H and O–H groups in total. The van der Waals surface area contributed by atoms with Gasteiger partial charge in [0.15, 0.2) is 16.1 Å². The topological polar surface area (TPSA) is 84.5 Å². The van der Waals surface area contributed by atoms with E-state index in [0.29, 0.717) is 4.90 Å². The van der Waals surface area contributed by atoms with Crippen LogP contribution in [0.3, 0.4) is 0 Å². The Hall–Kier alpha value is -1.76. The number of nitrogens with two attached hydrogens (primary N) is 1. The van der Waals surface area contributed by atoms with Crippen LogP contribution in [0.25, 0.3) is 5.57 Å². The van der Waals surface area contributed by atoms with Gasteiger partial charge in [-0.05, 0) is 43.2 Å². The molecular weight excluding hydrogens is 298 g/mol. The van der Waals surface area contributed by atoms with Crippen LogP contribution in [0, 0.1) is 0 Å². The molecule has 0 amide bonds. The molecule has 0 spiro atoms. The minimum atomic E-state index is -3.15. The molecule has 0 aliphatic carbocycles. The summed E-state index contributed by atoms with van der Waals surface area (Å²) in [4.78, 5) is 4.61. The fraction of sp³-hybridized carbons (Fsp3) is 0.312. The highest BCUT2D eigenvalue weighted by atomic mass is 32.2. The zero-order chi connectivity index (χ0) is 16.3. The Balaban J connectivity index is 2.11. The third-order valence-electron chi connectivity index (χ3n) is 3.50. The molecule has 0 saturated heterocycles. The van der Waals surface area contributed by atoms with Crippen molar-refractivity contribution in [2.75, 3.05) is 6.26 Å². The molecular formula is C16H21N3O2S. The van der Waals surface area contributed by atoms with E-state index in [1.807, 2.05) is 44.2 Å². The van der Waals surface area contributed by atoms with Crippen molar-refractivity contribution >= 4 is 21.1 Å². The van der Waals surface area contributed by atoms with Gasteiger partial charge in [0, 0.05) is 12.3 Å². The standard InChI is InChI=1S/C16H21N3O2S/c1-11(5-4-6-15-12(2)18-16(17)19-15)13-7-9-14(10-8-13)22(3,20)21/h4-10,12,16,18H,17H2,1-3H3/b6-4-,11-5+. The van der Waals surface area contributed by atoms with Crippen molar-refractivity contribution in [3.63, 3.8) is 0 Å². The first-order chi connectivity index (χ1) is 10.3. The number of nitrogens with zero attached hydrogens (tertiary/aromatic N) is 1. The molecule has 1 aliphatic rings. The monoisotopic (exact) mass is 319 g/mol. The van der Waals surface area contributed by atoms with Gasteiger partial charge in [0.05, 0.1) is 10.6 Å².